The maximum absolute atomic E-state index is 6.09. The summed E-state index contributed by atoms with van der Waals surface area (Å²) in [7, 11) is 0. The lowest BCUT2D eigenvalue weighted by Gasteiger charge is -2.29. The second-order valence-electron chi connectivity index (χ2n) is 4.99. The van der Waals surface area contributed by atoms with Crippen LogP contribution in [-0.4, -0.2) is 6.54 Å². The molecule has 0 saturated carbocycles. The highest BCUT2D eigenvalue weighted by molar-refractivity contribution is 6.30. The van der Waals surface area contributed by atoms with E-state index in [-0.39, 0.29) is 6.10 Å². The molecule has 0 aromatic heterocycles. The number of benzene rings is 2. The lowest BCUT2D eigenvalue weighted by molar-refractivity contribution is 0.209. The number of halogens is 1. The van der Waals surface area contributed by atoms with E-state index in [9.17, 15) is 0 Å². The van der Waals surface area contributed by atoms with Crippen molar-refractivity contribution in [2.75, 3.05) is 11.9 Å². The largest absolute Gasteiger partial charge is 0.482 e. The highest BCUT2D eigenvalue weighted by Crippen LogP contribution is 2.36. The predicted octanol–water partition coefficient (Wildman–Crippen LogP) is 4.50. The smallest absolute Gasteiger partial charge is 0.144 e. The summed E-state index contributed by atoms with van der Waals surface area (Å²) in [5.74, 6) is 0.824. The van der Waals surface area contributed by atoms with Crippen molar-refractivity contribution in [3.63, 3.8) is 0 Å². The monoisotopic (exact) mass is 273 g/mol. The van der Waals surface area contributed by atoms with Crippen molar-refractivity contribution in [1.82, 2.24) is 0 Å². The average Bonchev–Trinajstić information content (AvgIpc) is 2.40. The van der Waals surface area contributed by atoms with Crippen molar-refractivity contribution >= 4 is 17.3 Å². The fourth-order valence-electron chi connectivity index (χ4n) is 2.42. The van der Waals surface area contributed by atoms with Crippen LogP contribution in [-0.2, 0) is 0 Å². The van der Waals surface area contributed by atoms with Crippen LogP contribution < -0.4 is 10.1 Å². The number of hydrogen-bond acceptors (Lipinski definition) is 2. The van der Waals surface area contributed by atoms with Crippen LogP contribution in [0.15, 0.2) is 36.4 Å². The Bertz CT molecular complexity index is 624. The molecular formula is C16H16ClNO. The number of nitrogens with one attached hydrogen (secondary N) is 1. The lowest BCUT2D eigenvalue weighted by Crippen LogP contribution is -2.24. The first-order chi connectivity index (χ1) is 9.13. The van der Waals surface area contributed by atoms with Gasteiger partial charge in [-0.15, -0.1) is 0 Å². The molecule has 0 aliphatic carbocycles. The summed E-state index contributed by atoms with van der Waals surface area (Å²) in [5, 5.41) is 4.10. The molecule has 1 N–H and O–H groups in total. The van der Waals surface area contributed by atoms with Crippen LogP contribution in [0.4, 0.5) is 5.69 Å². The highest BCUT2D eigenvalue weighted by atomic mass is 35.5. The van der Waals surface area contributed by atoms with Gasteiger partial charge in [0.25, 0.3) is 0 Å². The number of fused-ring (bicyclic) bond motifs is 1. The molecule has 0 radical (unpaired) electrons. The summed E-state index contributed by atoms with van der Waals surface area (Å²) in [4.78, 5) is 0. The van der Waals surface area contributed by atoms with Gasteiger partial charge < -0.3 is 10.1 Å². The fraction of sp³-hybridized carbons (Fsp3) is 0.250. The molecule has 98 valence electrons. The lowest BCUT2D eigenvalue weighted by atomic mass is 9.99. The van der Waals surface area contributed by atoms with Gasteiger partial charge in [0.2, 0.25) is 0 Å². The first kappa shape index (κ1) is 12.4. The zero-order valence-electron chi connectivity index (χ0n) is 11.0. The zero-order valence-corrected chi connectivity index (χ0v) is 11.8. The minimum Gasteiger partial charge on any atom is -0.482 e. The van der Waals surface area contributed by atoms with Crippen LogP contribution in [0, 0.1) is 13.8 Å². The van der Waals surface area contributed by atoms with Gasteiger partial charge in [0.15, 0.2) is 0 Å². The van der Waals surface area contributed by atoms with E-state index in [4.69, 9.17) is 16.3 Å². The van der Waals surface area contributed by atoms with E-state index in [1.807, 2.05) is 18.2 Å². The van der Waals surface area contributed by atoms with E-state index in [1.165, 1.54) is 16.7 Å². The van der Waals surface area contributed by atoms with Crippen LogP contribution in [0.5, 0.6) is 5.75 Å². The fourth-order valence-corrected chi connectivity index (χ4v) is 2.58. The van der Waals surface area contributed by atoms with Gasteiger partial charge in [0.1, 0.15) is 11.9 Å². The first-order valence-corrected chi connectivity index (χ1v) is 6.78. The Balaban J connectivity index is 1.95. The summed E-state index contributed by atoms with van der Waals surface area (Å²) in [5.41, 5.74) is 4.74. The molecule has 1 heterocycles. The molecule has 1 aliphatic rings. The number of ether oxygens (including phenoxy) is 1. The topological polar surface area (TPSA) is 21.3 Å². The van der Waals surface area contributed by atoms with Gasteiger partial charge in [-0.2, -0.15) is 0 Å². The van der Waals surface area contributed by atoms with Crippen molar-refractivity contribution in [2.24, 2.45) is 0 Å². The molecule has 0 saturated heterocycles. The Labute approximate surface area is 118 Å². The molecule has 2 nitrogen and oxygen atoms in total. The van der Waals surface area contributed by atoms with E-state index in [0.717, 1.165) is 18.0 Å². The van der Waals surface area contributed by atoms with Gasteiger partial charge in [0, 0.05) is 11.1 Å². The van der Waals surface area contributed by atoms with Gasteiger partial charge in [0.05, 0.1) is 12.2 Å². The third kappa shape index (κ3) is 2.41. The van der Waals surface area contributed by atoms with Gasteiger partial charge >= 0.3 is 0 Å². The highest BCUT2D eigenvalue weighted by Gasteiger charge is 2.22. The van der Waals surface area contributed by atoms with E-state index >= 15 is 0 Å². The molecule has 3 rings (SSSR count). The molecular weight excluding hydrogens is 258 g/mol. The van der Waals surface area contributed by atoms with E-state index in [2.05, 4.69) is 37.4 Å². The summed E-state index contributed by atoms with van der Waals surface area (Å²) in [6, 6.07) is 12.1. The quantitative estimate of drug-likeness (QED) is 0.826. The Morgan fingerprint density at radius 2 is 2.00 bits per heavy atom. The molecule has 0 bridgehead atoms. The van der Waals surface area contributed by atoms with Crippen molar-refractivity contribution in [3.05, 3.63) is 58.1 Å². The molecule has 0 spiro atoms. The normalized spacial score (nSPS) is 17.3. The van der Waals surface area contributed by atoms with Crippen LogP contribution in [0.25, 0.3) is 0 Å². The van der Waals surface area contributed by atoms with Crippen LogP contribution in [0.1, 0.15) is 22.8 Å². The number of aryl methyl sites for hydroxylation is 2. The Morgan fingerprint density at radius 1 is 1.16 bits per heavy atom. The van der Waals surface area contributed by atoms with Gasteiger partial charge in [-0.3, -0.25) is 0 Å². The Kier molecular flexibility index (Phi) is 3.11. The Hall–Kier alpha value is -1.67. The maximum Gasteiger partial charge on any atom is 0.144 e. The van der Waals surface area contributed by atoms with Crippen molar-refractivity contribution in [3.8, 4) is 5.75 Å². The summed E-state index contributed by atoms with van der Waals surface area (Å²) in [6.07, 6.45) is 0.0332. The van der Waals surface area contributed by atoms with E-state index < -0.39 is 0 Å². The third-order valence-corrected chi connectivity index (χ3v) is 3.71. The summed E-state index contributed by atoms with van der Waals surface area (Å²) in [6.45, 7) is 4.99. The molecule has 2 aromatic rings. The van der Waals surface area contributed by atoms with Gasteiger partial charge in [-0.1, -0.05) is 35.4 Å². The number of anilines is 1. The number of hydrogen-bond donors (Lipinski definition) is 1. The summed E-state index contributed by atoms with van der Waals surface area (Å²) >= 11 is 6.02. The second-order valence-corrected chi connectivity index (χ2v) is 5.42. The second kappa shape index (κ2) is 4.78. The molecule has 0 fully saturated rings. The van der Waals surface area contributed by atoms with Crippen LogP contribution in [0.2, 0.25) is 5.02 Å². The molecule has 1 unspecified atom stereocenters. The van der Waals surface area contributed by atoms with E-state index in [1.54, 1.807) is 0 Å². The minimum atomic E-state index is 0.0332. The van der Waals surface area contributed by atoms with Crippen molar-refractivity contribution in [1.29, 1.82) is 0 Å². The maximum atomic E-state index is 6.09. The standard InChI is InChI=1S/C16H16ClNO/c1-10-3-4-11(2)13(7-10)16-9-18-14-6-5-12(17)8-15(14)19-16/h3-8,16,18H,9H2,1-2H3. The van der Waals surface area contributed by atoms with Gasteiger partial charge in [-0.25, -0.2) is 0 Å². The molecule has 1 atom stereocenters. The first-order valence-electron chi connectivity index (χ1n) is 6.41. The molecule has 2 aromatic carbocycles. The van der Waals surface area contributed by atoms with Crippen molar-refractivity contribution in [2.45, 2.75) is 20.0 Å². The number of rotatable bonds is 1. The van der Waals surface area contributed by atoms with Crippen LogP contribution >= 0.6 is 11.6 Å². The van der Waals surface area contributed by atoms with E-state index in [0.29, 0.717) is 5.02 Å². The third-order valence-electron chi connectivity index (χ3n) is 3.47. The Morgan fingerprint density at radius 3 is 2.84 bits per heavy atom. The molecule has 1 aliphatic heterocycles. The molecule has 0 amide bonds. The zero-order chi connectivity index (χ0) is 13.4. The molecule has 19 heavy (non-hydrogen) atoms. The van der Waals surface area contributed by atoms with Crippen LogP contribution in [0.3, 0.4) is 0 Å². The molecule has 3 heteroatoms. The van der Waals surface area contributed by atoms with Gasteiger partial charge in [-0.05, 0) is 37.1 Å². The minimum absolute atomic E-state index is 0.0332. The van der Waals surface area contributed by atoms with Crippen molar-refractivity contribution < 1.29 is 4.74 Å². The summed E-state index contributed by atoms with van der Waals surface area (Å²) < 4.78 is 6.09. The SMILES string of the molecule is Cc1ccc(C)c(C2CNc3ccc(Cl)cc3O2)c1. The predicted molar refractivity (Wildman–Crippen MR) is 79.2 cm³/mol. The average molecular weight is 274 g/mol.